The van der Waals surface area contributed by atoms with Crippen LogP contribution in [0.3, 0.4) is 0 Å². The SMILES string of the molecule is O=C(COC1CC(C(F)(F)F)=NN1c1ccccc1Cl)NCc1cccs1. The molecule has 0 spiro atoms. The third-order valence-corrected chi connectivity index (χ3v) is 4.94. The number of nitrogens with zero attached hydrogens (tertiary/aromatic N) is 2. The van der Waals surface area contributed by atoms with E-state index in [4.69, 9.17) is 16.3 Å². The number of nitrogens with one attached hydrogen (secondary N) is 1. The lowest BCUT2D eigenvalue weighted by molar-refractivity contribution is -0.127. The molecule has 27 heavy (non-hydrogen) atoms. The molecule has 0 bridgehead atoms. The molecule has 0 aliphatic carbocycles. The van der Waals surface area contributed by atoms with Crippen molar-refractivity contribution in [1.82, 2.24) is 5.32 Å². The lowest BCUT2D eigenvalue weighted by atomic mass is 10.2. The number of hydrogen-bond donors (Lipinski definition) is 1. The van der Waals surface area contributed by atoms with E-state index in [2.05, 4.69) is 10.4 Å². The maximum Gasteiger partial charge on any atom is 0.431 e. The molecule has 1 aliphatic heterocycles. The molecule has 0 fully saturated rings. The largest absolute Gasteiger partial charge is 0.431 e. The first-order valence-electron chi connectivity index (χ1n) is 7.93. The monoisotopic (exact) mass is 417 g/mol. The zero-order valence-electron chi connectivity index (χ0n) is 13.9. The Hall–Kier alpha value is -2.10. The third kappa shape index (κ3) is 5.00. The van der Waals surface area contributed by atoms with Crippen LogP contribution >= 0.6 is 22.9 Å². The lowest BCUT2D eigenvalue weighted by Gasteiger charge is -2.24. The zero-order valence-corrected chi connectivity index (χ0v) is 15.4. The molecule has 1 N–H and O–H groups in total. The lowest BCUT2D eigenvalue weighted by Crippen LogP contribution is -2.35. The molecular weight excluding hydrogens is 403 g/mol. The smallest absolute Gasteiger partial charge is 0.349 e. The minimum atomic E-state index is -4.58. The number of carbonyl (C=O) groups is 1. The number of rotatable bonds is 6. The van der Waals surface area contributed by atoms with Crippen LogP contribution in [0.2, 0.25) is 5.02 Å². The molecule has 1 atom stereocenters. The van der Waals surface area contributed by atoms with E-state index in [9.17, 15) is 18.0 Å². The molecule has 2 heterocycles. The predicted octanol–water partition coefficient (Wildman–Crippen LogP) is 4.19. The molecule has 10 heteroatoms. The summed E-state index contributed by atoms with van der Waals surface area (Å²) in [7, 11) is 0. The number of anilines is 1. The highest BCUT2D eigenvalue weighted by Crippen LogP contribution is 2.35. The van der Waals surface area contributed by atoms with Crippen molar-refractivity contribution in [3.8, 4) is 0 Å². The number of para-hydroxylation sites is 1. The van der Waals surface area contributed by atoms with Gasteiger partial charge in [0.05, 0.1) is 17.3 Å². The number of hydrazone groups is 1. The van der Waals surface area contributed by atoms with Gasteiger partial charge in [0.2, 0.25) is 5.91 Å². The zero-order chi connectivity index (χ0) is 19.4. The van der Waals surface area contributed by atoms with Crippen LogP contribution in [0.4, 0.5) is 18.9 Å². The van der Waals surface area contributed by atoms with Crippen molar-refractivity contribution in [1.29, 1.82) is 0 Å². The van der Waals surface area contributed by atoms with Crippen LogP contribution in [-0.2, 0) is 16.1 Å². The van der Waals surface area contributed by atoms with Gasteiger partial charge in [-0.2, -0.15) is 18.3 Å². The first kappa shape index (κ1) is 19.7. The maximum atomic E-state index is 13.1. The third-order valence-electron chi connectivity index (χ3n) is 3.74. The molecule has 3 rings (SSSR count). The number of thiophene rings is 1. The van der Waals surface area contributed by atoms with Gasteiger partial charge < -0.3 is 10.1 Å². The molecule has 144 valence electrons. The van der Waals surface area contributed by atoms with Crippen molar-refractivity contribution in [2.45, 2.75) is 25.4 Å². The summed E-state index contributed by atoms with van der Waals surface area (Å²) in [5.41, 5.74) is -0.700. The van der Waals surface area contributed by atoms with Crippen LogP contribution < -0.4 is 10.3 Å². The summed E-state index contributed by atoms with van der Waals surface area (Å²) < 4.78 is 44.7. The van der Waals surface area contributed by atoms with E-state index in [0.29, 0.717) is 6.54 Å². The number of halogens is 4. The maximum absolute atomic E-state index is 13.1. The number of ether oxygens (including phenoxy) is 1. The second-order valence-electron chi connectivity index (χ2n) is 5.67. The molecule has 1 unspecified atom stereocenters. The van der Waals surface area contributed by atoms with E-state index in [0.717, 1.165) is 9.89 Å². The van der Waals surface area contributed by atoms with E-state index in [1.54, 1.807) is 24.3 Å². The standard InChI is InChI=1S/C17H15ClF3N3O2S/c18-12-5-1-2-6-13(12)24-16(8-14(23-24)17(19,20)21)26-10-15(25)22-9-11-4-3-7-27-11/h1-7,16H,8-10H2,(H,22,25). The molecule has 1 amide bonds. The van der Waals surface area contributed by atoms with Crippen LogP contribution in [0.25, 0.3) is 0 Å². The summed E-state index contributed by atoms with van der Waals surface area (Å²) in [5.74, 6) is -0.428. The summed E-state index contributed by atoms with van der Waals surface area (Å²) in [5, 5.41) is 9.47. The number of amides is 1. The van der Waals surface area contributed by atoms with Crippen molar-refractivity contribution in [3.05, 3.63) is 51.7 Å². The minimum absolute atomic E-state index is 0.237. The molecule has 1 aliphatic rings. The first-order valence-corrected chi connectivity index (χ1v) is 9.19. The number of benzene rings is 1. The van der Waals surface area contributed by atoms with Gasteiger partial charge in [-0.25, -0.2) is 5.01 Å². The average molecular weight is 418 g/mol. The fourth-order valence-corrected chi connectivity index (χ4v) is 3.32. The Bertz CT molecular complexity index is 827. The van der Waals surface area contributed by atoms with Gasteiger partial charge in [-0.05, 0) is 23.6 Å². The predicted molar refractivity (Wildman–Crippen MR) is 97.9 cm³/mol. The topological polar surface area (TPSA) is 53.9 Å². The molecule has 2 aromatic rings. The van der Waals surface area contributed by atoms with E-state index in [1.165, 1.54) is 11.3 Å². The Morgan fingerprint density at radius 1 is 1.33 bits per heavy atom. The van der Waals surface area contributed by atoms with Gasteiger partial charge in [-0.1, -0.05) is 29.8 Å². The van der Waals surface area contributed by atoms with Crippen molar-refractivity contribution in [3.63, 3.8) is 0 Å². The van der Waals surface area contributed by atoms with Crippen LogP contribution in [-0.4, -0.2) is 30.6 Å². The summed E-state index contributed by atoms with van der Waals surface area (Å²) in [6.45, 7) is -0.0549. The van der Waals surface area contributed by atoms with Gasteiger partial charge in [-0.3, -0.25) is 4.79 Å². The van der Waals surface area contributed by atoms with Gasteiger partial charge in [-0.15, -0.1) is 11.3 Å². The van der Waals surface area contributed by atoms with E-state index >= 15 is 0 Å². The summed E-state index contributed by atoms with van der Waals surface area (Å²) in [6.07, 6.45) is -6.15. The van der Waals surface area contributed by atoms with Gasteiger partial charge in [0.25, 0.3) is 0 Å². The van der Waals surface area contributed by atoms with E-state index < -0.39 is 37.1 Å². The molecular formula is C17H15ClF3N3O2S. The normalized spacial score (nSPS) is 17.1. The van der Waals surface area contributed by atoms with E-state index in [1.807, 2.05) is 17.5 Å². The molecule has 5 nitrogen and oxygen atoms in total. The highest BCUT2D eigenvalue weighted by Gasteiger charge is 2.44. The Kier molecular flexibility index (Phi) is 6.03. The second-order valence-corrected chi connectivity index (χ2v) is 7.11. The highest BCUT2D eigenvalue weighted by atomic mass is 35.5. The molecule has 1 aromatic heterocycles. The van der Waals surface area contributed by atoms with E-state index in [-0.39, 0.29) is 10.7 Å². The van der Waals surface area contributed by atoms with Crippen LogP contribution in [0.5, 0.6) is 0 Å². The van der Waals surface area contributed by atoms with Gasteiger partial charge in [0, 0.05) is 11.3 Å². The van der Waals surface area contributed by atoms with Gasteiger partial charge in [0.1, 0.15) is 12.3 Å². The van der Waals surface area contributed by atoms with Crippen molar-refractivity contribution < 1.29 is 22.7 Å². The molecule has 0 radical (unpaired) electrons. The number of hydrogen-bond acceptors (Lipinski definition) is 5. The molecule has 0 saturated carbocycles. The minimum Gasteiger partial charge on any atom is -0.349 e. The molecule has 0 saturated heterocycles. The summed E-state index contributed by atoms with van der Waals surface area (Å²) >= 11 is 7.56. The molecule has 1 aromatic carbocycles. The Labute approximate surface area is 162 Å². The fourth-order valence-electron chi connectivity index (χ4n) is 2.46. The van der Waals surface area contributed by atoms with Crippen molar-refractivity contribution in [2.75, 3.05) is 11.6 Å². The Morgan fingerprint density at radius 2 is 2.11 bits per heavy atom. The Morgan fingerprint density at radius 3 is 2.78 bits per heavy atom. The van der Waals surface area contributed by atoms with Crippen molar-refractivity contribution >= 4 is 40.2 Å². The van der Waals surface area contributed by atoms with Crippen molar-refractivity contribution in [2.24, 2.45) is 5.10 Å². The van der Waals surface area contributed by atoms with Gasteiger partial charge in [0.15, 0.2) is 6.23 Å². The van der Waals surface area contributed by atoms with Crippen LogP contribution in [0.15, 0.2) is 46.9 Å². The second kappa shape index (κ2) is 8.28. The van der Waals surface area contributed by atoms with Crippen LogP contribution in [0, 0.1) is 0 Å². The Balaban J connectivity index is 1.65. The summed E-state index contributed by atoms with van der Waals surface area (Å²) in [6, 6.07) is 10.1. The number of carbonyl (C=O) groups excluding carboxylic acids is 1. The first-order chi connectivity index (χ1) is 12.8. The van der Waals surface area contributed by atoms with Crippen LogP contribution in [0.1, 0.15) is 11.3 Å². The highest BCUT2D eigenvalue weighted by molar-refractivity contribution is 7.09. The quantitative estimate of drug-likeness (QED) is 0.766. The van der Waals surface area contributed by atoms with Gasteiger partial charge >= 0.3 is 6.18 Å². The number of alkyl halides is 3. The fraction of sp³-hybridized carbons (Fsp3) is 0.294. The average Bonchev–Trinajstić information content (AvgIpc) is 3.28. The summed E-state index contributed by atoms with van der Waals surface area (Å²) in [4.78, 5) is 12.9.